The molecule has 7 nitrogen and oxygen atoms in total. The molecule has 1 spiro atoms. The Bertz CT molecular complexity index is 788. The van der Waals surface area contributed by atoms with E-state index in [9.17, 15) is 9.18 Å². The summed E-state index contributed by atoms with van der Waals surface area (Å²) in [5.41, 5.74) is 0.0223. The highest BCUT2D eigenvalue weighted by Gasteiger charge is 2.55. The van der Waals surface area contributed by atoms with Crippen molar-refractivity contribution in [3.8, 4) is 5.88 Å². The third-order valence-electron chi connectivity index (χ3n) is 4.88. The minimum Gasteiger partial charge on any atom is -0.475 e. The molecule has 0 N–H and O–H groups in total. The first-order valence-corrected chi connectivity index (χ1v) is 8.24. The molecule has 1 amide bonds. The second-order valence-electron chi connectivity index (χ2n) is 6.54. The Labute approximate surface area is 144 Å². The minimum atomic E-state index is -0.476. The summed E-state index contributed by atoms with van der Waals surface area (Å²) < 4.78 is 26.7. The van der Waals surface area contributed by atoms with Gasteiger partial charge in [0, 0.05) is 32.0 Å². The van der Waals surface area contributed by atoms with Crippen molar-refractivity contribution < 1.29 is 18.7 Å². The molecular formula is C17H19FN4O3. The Hall–Kier alpha value is -2.48. The third-order valence-corrected chi connectivity index (χ3v) is 4.88. The molecule has 8 heteroatoms. The van der Waals surface area contributed by atoms with Crippen LogP contribution in [0, 0.1) is 11.7 Å². The average molecular weight is 346 g/mol. The van der Waals surface area contributed by atoms with Crippen molar-refractivity contribution in [1.82, 2.24) is 19.7 Å². The lowest BCUT2D eigenvalue weighted by atomic mass is 9.81. The summed E-state index contributed by atoms with van der Waals surface area (Å²) in [6, 6.07) is 4.54. The van der Waals surface area contributed by atoms with E-state index in [-0.39, 0.29) is 17.7 Å². The zero-order chi connectivity index (χ0) is 17.4. The number of amides is 1. The van der Waals surface area contributed by atoms with Gasteiger partial charge in [-0.3, -0.25) is 9.48 Å². The summed E-state index contributed by atoms with van der Waals surface area (Å²) in [6.07, 6.45) is 4.06. The second-order valence-corrected chi connectivity index (χ2v) is 6.54. The summed E-state index contributed by atoms with van der Waals surface area (Å²) in [5.74, 6) is -0.472. The molecule has 0 aromatic carbocycles. The van der Waals surface area contributed by atoms with Gasteiger partial charge in [0.1, 0.15) is 11.3 Å². The third kappa shape index (κ3) is 2.86. The van der Waals surface area contributed by atoms with E-state index in [1.54, 1.807) is 28.9 Å². The Morgan fingerprint density at radius 3 is 3.04 bits per heavy atom. The molecule has 4 heterocycles. The topological polar surface area (TPSA) is 69.5 Å². The van der Waals surface area contributed by atoms with Gasteiger partial charge in [-0.15, -0.1) is 0 Å². The summed E-state index contributed by atoms with van der Waals surface area (Å²) in [5, 5.41) is 4.14. The molecule has 25 heavy (non-hydrogen) atoms. The number of carbonyl (C=O) groups excluding carboxylic acids is 1. The van der Waals surface area contributed by atoms with Gasteiger partial charge < -0.3 is 14.4 Å². The maximum atomic E-state index is 13.6. The fourth-order valence-corrected chi connectivity index (χ4v) is 3.46. The number of hydrogen-bond donors (Lipinski definition) is 0. The van der Waals surface area contributed by atoms with Gasteiger partial charge in [0.15, 0.2) is 5.82 Å². The summed E-state index contributed by atoms with van der Waals surface area (Å²) >= 11 is 0. The lowest BCUT2D eigenvalue weighted by Crippen LogP contribution is -2.66. The van der Waals surface area contributed by atoms with Crippen molar-refractivity contribution in [2.75, 3.05) is 26.3 Å². The van der Waals surface area contributed by atoms with E-state index in [0.717, 1.165) is 6.42 Å². The molecule has 4 rings (SSSR count). The number of aryl methyl sites for hydroxylation is 1. The van der Waals surface area contributed by atoms with Gasteiger partial charge in [0.2, 0.25) is 5.88 Å². The Morgan fingerprint density at radius 2 is 2.32 bits per heavy atom. The molecule has 1 atom stereocenters. The van der Waals surface area contributed by atoms with Crippen LogP contribution in [0.4, 0.5) is 4.39 Å². The summed E-state index contributed by atoms with van der Waals surface area (Å²) in [4.78, 5) is 18.0. The Morgan fingerprint density at radius 1 is 1.48 bits per heavy atom. The number of carbonyl (C=O) groups is 1. The van der Waals surface area contributed by atoms with E-state index in [1.807, 2.05) is 0 Å². The summed E-state index contributed by atoms with van der Waals surface area (Å²) in [6.45, 7) is 1.94. The molecule has 2 aromatic rings. The maximum absolute atomic E-state index is 13.6. The van der Waals surface area contributed by atoms with Crippen LogP contribution in [-0.2, 0) is 11.8 Å². The maximum Gasteiger partial charge on any atom is 0.274 e. The zero-order valence-corrected chi connectivity index (χ0v) is 13.9. The molecule has 2 saturated heterocycles. The Kier molecular flexibility index (Phi) is 3.91. The lowest BCUT2D eigenvalue weighted by molar-refractivity contribution is -0.122. The largest absolute Gasteiger partial charge is 0.475 e. The van der Waals surface area contributed by atoms with Crippen molar-refractivity contribution >= 4 is 5.91 Å². The highest BCUT2D eigenvalue weighted by atomic mass is 19.1. The number of likely N-dealkylation sites (tertiary alicyclic amines) is 1. The average Bonchev–Trinajstić information content (AvgIpc) is 3.18. The normalized spacial score (nSPS) is 21.4. The molecule has 0 radical (unpaired) electrons. The smallest absolute Gasteiger partial charge is 0.274 e. The number of aromatic nitrogens is 3. The molecule has 0 saturated carbocycles. The van der Waals surface area contributed by atoms with Crippen LogP contribution in [0.3, 0.4) is 0 Å². The highest BCUT2D eigenvalue weighted by molar-refractivity contribution is 5.93. The first-order chi connectivity index (χ1) is 12.1. The number of rotatable bonds is 4. The molecule has 2 aliphatic rings. The first-order valence-electron chi connectivity index (χ1n) is 8.24. The number of ether oxygens (including phenoxy) is 2. The molecule has 132 valence electrons. The van der Waals surface area contributed by atoms with Crippen molar-refractivity contribution in [2.45, 2.75) is 12.0 Å². The van der Waals surface area contributed by atoms with Crippen LogP contribution < -0.4 is 4.74 Å². The molecule has 0 unspecified atom stereocenters. The monoisotopic (exact) mass is 346 g/mol. The van der Waals surface area contributed by atoms with Gasteiger partial charge in [-0.25, -0.2) is 9.37 Å². The van der Waals surface area contributed by atoms with E-state index in [0.29, 0.717) is 32.0 Å². The standard InChI is InChI=1S/C17H19FN4O3/c1-21-7-4-14(20-21)16(23)22-10-17(11-22)12(5-8-25-17)9-24-15-13(18)3-2-6-19-15/h2-4,6-7,12H,5,8-11H2,1H3/t12-/m1/s1. The van der Waals surface area contributed by atoms with Gasteiger partial charge >= 0.3 is 0 Å². The quantitative estimate of drug-likeness (QED) is 0.834. The fraction of sp³-hybridized carbons (Fsp3) is 0.471. The molecule has 2 aliphatic heterocycles. The second kappa shape index (κ2) is 6.11. The number of hydrogen-bond acceptors (Lipinski definition) is 5. The zero-order valence-electron chi connectivity index (χ0n) is 13.9. The van der Waals surface area contributed by atoms with Crippen LogP contribution >= 0.6 is 0 Å². The molecular weight excluding hydrogens is 327 g/mol. The predicted molar refractivity (Wildman–Crippen MR) is 85.6 cm³/mol. The predicted octanol–water partition coefficient (Wildman–Crippen LogP) is 1.26. The SMILES string of the molecule is Cn1ccc(C(=O)N2CC3(C2)OCC[C@@H]3COc2ncccc2F)n1. The van der Waals surface area contributed by atoms with Crippen LogP contribution in [0.15, 0.2) is 30.6 Å². The molecule has 2 aromatic heterocycles. The van der Waals surface area contributed by atoms with Crippen LogP contribution in [0.1, 0.15) is 16.9 Å². The fourth-order valence-electron chi connectivity index (χ4n) is 3.46. The van der Waals surface area contributed by atoms with Crippen LogP contribution in [-0.4, -0.2) is 57.5 Å². The van der Waals surface area contributed by atoms with Crippen LogP contribution in [0.2, 0.25) is 0 Å². The van der Waals surface area contributed by atoms with E-state index < -0.39 is 11.4 Å². The van der Waals surface area contributed by atoms with Gasteiger partial charge in [-0.05, 0) is 24.6 Å². The lowest BCUT2D eigenvalue weighted by Gasteiger charge is -2.49. The van der Waals surface area contributed by atoms with Gasteiger partial charge in [-0.1, -0.05) is 0 Å². The van der Waals surface area contributed by atoms with E-state index in [1.165, 1.54) is 18.3 Å². The number of halogens is 1. The van der Waals surface area contributed by atoms with Gasteiger partial charge in [0.25, 0.3) is 5.91 Å². The van der Waals surface area contributed by atoms with Crippen LogP contribution in [0.5, 0.6) is 5.88 Å². The van der Waals surface area contributed by atoms with Crippen molar-refractivity contribution in [3.63, 3.8) is 0 Å². The minimum absolute atomic E-state index is 0.00490. The van der Waals surface area contributed by atoms with E-state index >= 15 is 0 Å². The van der Waals surface area contributed by atoms with Gasteiger partial charge in [0.05, 0.1) is 19.7 Å². The van der Waals surface area contributed by atoms with Crippen LogP contribution in [0.25, 0.3) is 0 Å². The van der Waals surface area contributed by atoms with Crippen molar-refractivity contribution in [1.29, 1.82) is 0 Å². The van der Waals surface area contributed by atoms with E-state index in [4.69, 9.17) is 9.47 Å². The molecule has 0 bridgehead atoms. The molecule has 0 aliphatic carbocycles. The van der Waals surface area contributed by atoms with Crippen molar-refractivity contribution in [3.05, 3.63) is 42.1 Å². The summed E-state index contributed by atoms with van der Waals surface area (Å²) in [7, 11) is 1.78. The highest BCUT2D eigenvalue weighted by Crippen LogP contribution is 2.40. The van der Waals surface area contributed by atoms with Crippen molar-refractivity contribution in [2.24, 2.45) is 13.0 Å². The van der Waals surface area contributed by atoms with E-state index in [2.05, 4.69) is 10.1 Å². The number of nitrogens with zero attached hydrogens (tertiary/aromatic N) is 4. The Balaban J connectivity index is 1.38. The molecule has 2 fully saturated rings. The number of pyridine rings is 1. The van der Waals surface area contributed by atoms with Gasteiger partial charge in [-0.2, -0.15) is 5.10 Å². The first kappa shape index (κ1) is 16.0.